The summed E-state index contributed by atoms with van der Waals surface area (Å²) in [5.74, 6) is -0.637. The first-order chi connectivity index (χ1) is 12.0. The van der Waals surface area contributed by atoms with Crippen LogP contribution in [0.4, 0.5) is 19.3 Å². The van der Waals surface area contributed by atoms with E-state index >= 15 is 0 Å². The lowest BCUT2D eigenvalue weighted by Crippen LogP contribution is -2.34. The van der Waals surface area contributed by atoms with Gasteiger partial charge >= 0.3 is 11.7 Å². The first-order valence-electron chi connectivity index (χ1n) is 7.53. The molecule has 0 spiro atoms. The SMILES string of the molecule is O=C1N(c2cccc(F)c2)Cc2nc(=O)n(Cc3cccc(F)c3)n21. The molecule has 0 unspecified atom stereocenters. The van der Waals surface area contributed by atoms with Crippen molar-refractivity contribution in [2.24, 2.45) is 0 Å². The van der Waals surface area contributed by atoms with Gasteiger partial charge in [-0.2, -0.15) is 9.67 Å². The van der Waals surface area contributed by atoms with Crippen LogP contribution in [0.3, 0.4) is 0 Å². The van der Waals surface area contributed by atoms with Gasteiger partial charge in [-0.05, 0) is 35.9 Å². The van der Waals surface area contributed by atoms with Gasteiger partial charge in [-0.3, -0.25) is 4.90 Å². The third kappa shape index (κ3) is 2.61. The van der Waals surface area contributed by atoms with Crippen LogP contribution >= 0.6 is 0 Å². The summed E-state index contributed by atoms with van der Waals surface area (Å²) in [4.78, 5) is 30.0. The Kier molecular flexibility index (Phi) is 3.45. The fourth-order valence-electron chi connectivity index (χ4n) is 2.87. The molecule has 1 aliphatic rings. The van der Waals surface area contributed by atoms with E-state index < -0.39 is 23.4 Å². The zero-order valence-electron chi connectivity index (χ0n) is 12.9. The quantitative estimate of drug-likeness (QED) is 0.734. The lowest BCUT2D eigenvalue weighted by Gasteiger charge is -2.15. The van der Waals surface area contributed by atoms with Crippen LogP contribution in [-0.4, -0.2) is 20.4 Å². The van der Waals surface area contributed by atoms with E-state index in [0.29, 0.717) is 11.3 Å². The zero-order valence-corrected chi connectivity index (χ0v) is 12.9. The number of nitrogens with zero attached hydrogens (tertiary/aromatic N) is 4. The van der Waals surface area contributed by atoms with E-state index in [1.54, 1.807) is 12.1 Å². The van der Waals surface area contributed by atoms with Crippen LogP contribution < -0.4 is 10.6 Å². The van der Waals surface area contributed by atoms with E-state index in [1.165, 1.54) is 41.3 Å². The summed E-state index contributed by atoms with van der Waals surface area (Å²) in [6, 6.07) is 10.9. The molecule has 1 amide bonds. The van der Waals surface area contributed by atoms with Crippen LogP contribution in [0.2, 0.25) is 0 Å². The van der Waals surface area contributed by atoms with Gasteiger partial charge in [0.2, 0.25) is 0 Å². The molecule has 6 nitrogen and oxygen atoms in total. The van der Waals surface area contributed by atoms with E-state index in [2.05, 4.69) is 4.98 Å². The predicted octanol–water partition coefficient (Wildman–Crippen LogP) is 2.36. The standard InChI is InChI=1S/C17H12F2N4O2/c18-12-4-1-3-11(7-12)9-22-16(24)20-15-10-21(17(25)23(15)22)14-6-2-5-13(19)8-14/h1-8H,9-10H2. The Balaban J connectivity index is 1.71. The molecule has 1 aromatic heterocycles. The van der Waals surface area contributed by atoms with Crippen molar-refractivity contribution in [3.05, 3.63) is 82.0 Å². The number of amides is 1. The summed E-state index contributed by atoms with van der Waals surface area (Å²) in [7, 11) is 0. The van der Waals surface area contributed by atoms with Crippen LogP contribution in [0.1, 0.15) is 11.4 Å². The molecule has 0 saturated heterocycles. The van der Waals surface area contributed by atoms with Gasteiger partial charge in [-0.15, -0.1) is 0 Å². The van der Waals surface area contributed by atoms with E-state index in [9.17, 15) is 18.4 Å². The summed E-state index contributed by atoms with van der Waals surface area (Å²) in [6.45, 7) is 0.0694. The summed E-state index contributed by atoms with van der Waals surface area (Å²) < 4.78 is 29.1. The van der Waals surface area contributed by atoms with Gasteiger partial charge in [0.1, 0.15) is 11.6 Å². The van der Waals surface area contributed by atoms with Crippen LogP contribution in [0.25, 0.3) is 0 Å². The molecule has 25 heavy (non-hydrogen) atoms. The third-order valence-electron chi connectivity index (χ3n) is 3.98. The van der Waals surface area contributed by atoms with Crippen molar-refractivity contribution in [3.63, 3.8) is 0 Å². The minimum Gasteiger partial charge on any atom is -0.285 e. The second-order valence-electron chi connectivity index (χ2n) is 5.66. The molecule has 0 atom stereocenters. The van der Waals surface area contributed by atoms with E-state index in [1.807, 2.05) is 0 Å². The minimum atomic E-state index is -0.591. The molecule has 8 heteroatoms. The number of aromatic nitrogens is 3. The van der Waals surface area contributed by atoms with E-state index in [0.717, 1.165) is 9.36 Å². The fourth-order valence-corrected chi connectivity index (χ4v) is 2.87. The molecule has 2 heterocycles. The average Bonchev–Trinajstić information content (AvgIpc) is 3.04. The maximum Gasteiger partial charge on any atom is 0.364 e. The Labute approximate surface area is 140 Å². The van der Waals surface area contributed by atoms with E-state index in [-0.39, 0.29) is 18.9 Å². The van der Waals surface area contributed by atoms with Crippen molar-refractivity contribution in [3.8, 4) is 0 Å². The van der Waals surface area contributed by atoms with Crippen molar-refractivity contribution < 1.29 is 13.6 Å². The summed E-state index contributed by atoms with van der Waals surface area (Å²) in [5, 5.41) is 0. The van der Waals surface area contributed by atoms with Crippen molar-refractivity contribution in [2.75, 3.05) is 4.90 Å². The monoisotopic (exact) mass is 342 g/mol. The third-order valence-corrected chi connectivity index (χ3v) is 3.98. The van der Waals surface area contributed by atoms with Gasteiger partial charge in [0.05, 0.1) is 13.1 Å². The van der Waals surface area contributed by atoms with Gasteiger partial charge in [0.15, 0.2) is 5.82 Å². The Morgan fingerprint density at radius 2 is 1.72 bits per heavy atom. The van der Waals surface area contributed by atoms with Gasteiger partial charge < -0.3 is 0 Å². The van der Waals surface area contributed by atoms with E-state index in [4.69, 9.17) is 0 Å². The summed E-state index contributed by atoms with van der Waals surface area (Å²) >= 11 is 0. The second kappa shape index (κ2) is 5.66. The second-order valence-corrected chi connectivity index (χ2v) is 5.66. The highest BCUT2D eigenvalue weighted by Crippen LogP contribution is 2.23. The highest BCUT2D eigenvalue weighted by Gasteiger charge is 2.33. The normalized spacial score (nSPS) is 13.4. The molecule has 1 aliphatic heterocycles. The fraction of sp³-hybridized carbons (Fsp3) is 0.118. The molecule has 2 aromatic carbocycles. The molecule has 4 rings (SSSR count). The number of benzene rings is 2. The number of carbonyl (C=O) groups excluding carboxylic acids is 1. The van der Waals surface area contributed by atoms with Gasteiger partial charge in [-0.1, -0.05) is 18.2 Å². The van der Waals surface area contributed by atoms with Crippen LogP contribution in [-0.2, 0) is 13.1 Å². The lowest BCUT2D eigenvalue weighted by atomic mass is 10.2. The lowest BCUT2D eigenvalue weighted by molar-refractivity contribution is 0.244. The average molecular weight is 342 g/mol. The number of carbonyl (C=O) groups is 1. The summed E-state index contributed by atoms with van der Waals surface area (Å²) in [5.41, 5.74) is 0.313. The molecule has 0 saturated carbocycles. The Bertz CT molecular complexity index is 1040. The Hall–Kier alpha value is -3.29. The van der Waals surface area contributed by atoms with Gasteiger partial charge in [-0.25, -0.2) is 23.1 Å². The number of fused-ring (bicyclic) bond motifs is 1. The predicted molar refractivity (Wildman–Crippen MR) is 85.4 cm³/mol. The molecular formula is C17H12F2N4O2. The summed E-state index contributed by atoms with van der Waals surface area (Å²) in [6.07, 6.45) is 0. The molecule has 3 aromatic rings. The molecule has 0 fully saturated rings. The van der Waals surface area contributed by atoms with Crippen LogP contribution in [0.5, 0.6) is 0 Å². The molecule has 0 radical (unpaired) electrons. The van der Waals surface area contributed by atoms with Crippen molar-refractivity contribution in [1.29, 1.82) is 0 Å². The van der Waals surface area contributed by atoms with Crippen molar-refractivity contribution in [2.45, 2.75) is 13.1 Å². The number of rotatable bonds is 3. The topological polar surface area (TPSA) is 60.1 Å². The maximum atomic E-state index is 13.4. The number of hydrogen-bond acceptors (Lipinski definition) is 3. The maximum absolute atomic E-state index is 13.4. The van der Waals surface area contributed by atoms with Crippen LogP contribution in [0.15, 0.2) is 53.3 Å². The molecule has 126 valence electrons. The van der Waals surface area contributed by atoms with Crippen molar-refractivity contribution in [1.82, 2.24) is 14.3 Å². The number of hydrogen-bond donors (Lipinski definition) is 0. The molecule has 0 N–H and O–H groups in total. The highest BCUT2D eigenvalue weighted by molar-refractivity contribution is 5.95. The van der Waals surface area contributed by atoms with Crippen molar-refractivity contribution >= 4 is 11.7 Å². The van der Waals surface area contributed by atoms with Gasteiger partial charge in [0, 0.05) is 5.69 Å². The zero-order chi connectivity index (χ0) is 17.6. The highest BCUT2D eigenvalue weighted by atomic mass is 19.1. The molecule has 0 bridgehead atoms. The first-order valence-corrected chi connectivity index (χ1v) is 7.53. The minimum absolute atomic E-state index is 0.00627. The van der Waals surface area contributed by atoms with Crippen LogP contribution in [0, 0.1) is 11.6 Å². The first kappa shape index (κ1) is 15.3. The Morgan fingerprint density at radius 1 is 1.00 bits per heavy atom. The van der Waals surface area contributed by atoms with Gasteiger partial charge in [0.25, 0.3) is 0 Å². The number of halogens is 2. The largest absolute Gasteiger partial charge is 0.364 e. The smallest absolute Gasteiger partial charge is 0.285 e. The number of anilines is 1. The molecular weight excluding hydrogens is 330 g/mol. The molecule has 0 aliphatic carbocycles. The Morgan fingerprint density at radius 3 is 2.44 bits per heavy atom.